The molecule has 0 bridgehead atoms. The summed E-state index contributed by atoms with van der Waals surface area (Å²) in [4.78, 5) is 34.2. The number of nitrogens with one attached hydrogen (secondary N) is 1. The van der Waals surface area contributed by atoms with Gasteiger partial charge in [-0.25, -0.2) is 13.9 Å². The molecule has 1 aliphatic rings. The lowest BCUT2D eigenvalue weighted by molar-refractivity contribution is -0.144. The molecule has 1 aliphatic heterocycles. The van der Waals surface area contributed by atoms with Gasteiger partial charge in [-0.1, -0.05) is 30.3 Å². The van der Waals surface area contributed by atoms with Crippen molar-refractivity contribution in [2.75, 3.05) is 6.61 Å². The average molecular weight is 373 g/mol. The van der Waals surface area contributed by atoms with Gasteiger partial charge in [-0.05, 0) is 5.56 Å². The number of alkyl carbamates (subject to hydrolysis) is 1. The van der Waals surface area contributed by atoms with E-state index in [0.717, 1.165) is 0 Å². The zero-order valence-electron chi connectivity index (χ0n) is 12.7. The number of nitrogens with zero attached hydrogens (tertiary/aromatic N) is 1. The van der Waals surface area contributed by atoms with Crippen molar-refractivity contribution in [1.82, 2.24) is 9.62 Å². The van der Waals surface area contributed by atoms with E-state index in [1.807, 2.05) is 0 Å². The Bertz CT molecular complexity index is 767. The van der Waals surface area contributed by atoms with E-state index in [-0.39, 0.29) is 10.9 Å². The molecular weight excluding hydrogens is 358 g/mol. The van der Waals surface area contributed by atoms with Crippen LogP contribution in [0.5, 0.6) is 0 Å². The van der Waals surface area contributed by atoms with Crippen molar-refractivity contribution in [3.63, 3.8) is 0 Å². The first-order valence-electron chi connectivity index (χ1n) is 6.90. The van der Waals surface area contributed by atoms with Crippen LogP contribution in [0, 0.1) is 0 Å². The van der Waals surface area contributed by atoms with Crippen LogP contribution < -0.4 is 11.1 Å². The van der Waals surface area contributed by atoms with Crippen LogP contribution >= 0.6 is 0 Å². The van der Waals surface area contributed by atoms with E-state index < -0.39 is 47.1 Å². The minimum atomic E-state index is -4.88. The van der Waals surface area contributed by atoms with Crippen molar-refractivity contribution in [2.24, 2.45) is 5.73 Å². The van der Waals surface area contributed by atoms with Gasteiger partial charge in [-0.15, -0.1) is 0 Å². The Morgan fingerprint density at radius 3 is 2.44 bits per heavy atom. The van der Waals surface area contributed by atoms with Gasteiger partial charge in [0.15, 0.2) is 0 Å². The van der Waals surface area contributed by atoms with Crippen molar-refractivity contribution in [3.05, 3.63) is 35.9 Å². The van der Waals surface area contributed by atoms with E-state index in [2.05, 4.69) is 10.1 Å². The quantitative estimate of drug-likeness (QED) is 0.439. The molecule has 2 unspecified atom stereocenters. The Morgan fingerprint density at radius 2 is 1.88 bits per heavy atom. The largest absolute Gasteiger partial charge is 0.447 e. The minimum Gasteiger partial charge on any atom is -0.447 e. The number of rotatable bonds is 6. The molecule has 1 heterocycles. The number of carbonyl (C=O) groups is 3. The normalized spacial score (nSPS) is 19.7. The van der Waals surface area contributed by atoms with Crippen LogP contribution in [0.4, 0.5) is 9.59 Å². The lowest BCUT2D eigenvalue weighted by atomic mass is 10.00. The van der Waals surface area contributed by atoms with Crippen LogP contribution in [0.2, 0.25) is 0 Å². The van der Waals surface area contributed by atoms with Gasteiger partial charge in [0.05, 0.1) is 0 Å². The number of carbonyl (C=O) groups excluding carboxylic acids is 3. The molecule has 0 aliphatic carbocycles. The second-order valence-electron chi connectivity index (χ2n) is 4.99. The zero-order valence-corrected chi connectivity index (χ0v) is 13.5. The molecule has 0 radical (unpaired) electrons. The van der Waals surface area contributed by atoms with Crippen LogP contribution in [0.1, 0.15) is 5.56 Å². The number of amides is 3. The monoisotopic (exact) mass is 373 g/mol. The number of β-lactam (4-membered cyclic amide) rings is 1. The molecule has 0 aromatic heterocycles. The molecule has 2 rings (SSSR count). The summed E-state index contributed by atoms with van der Waals surface area (Å²) in [5.74, 6) is -1.10. The van der Waals surface area contributed by atoms with Gasteiger partial charge in [-0.3, -0.25) is 9.35 Å². The molecule has 4 N–H and O–H groups in total. The van der Waals surface area contributed by atoms with Gasteiger partial charge in [0.25, 0.3) is 5.91 Å². The van der Waals surface area contributed by atoms with Crippen molar-refractivity contribution in [2.45, 2.75) is 18.7 Å². The summed E-state index contributed by atoms with van der Waals surface area (Å²) in [6.07, 6.45) is -2.19. The first kappa shape index (κ1) is 18.5. The molecule has 3 amide bonds. The van der Waals surface area contributed by atoms with Crippen LogP contribution in [0.3, 0.4) is 0 Å². The highest BCUT2D eigenvalue weighted by molar-refractivity contribution is 7.84. The van der Waals surface area contributed by atoms with Crippen LogP contribution in [0.15, 0.2) is 30.3 Å². The average Bonchev–Trinajstić information content (AvgIpc) is 2.53. The smallest absolute Gasteiger partial charge is 0.408 e. The molecule has 1 aromatic carbocycles. The van der Waals surface area contributed by atoms with Gasteiger partial charge in [-0.2, -0.15) is 8.42 Å². The fourth-order valence-corrected chi connectivity index (χ4v) is 3.05. The number of hydrogen-bond donors (Lipinski definition) is 3. The third-order valence-corrected chi connectivity index (χ3v) is 4.25. The SMILES string of the molecule is NC(=O)OCC1C(NC(=O)OCc2ccccc2)C(=O)N1S(=O)(=O)O. The zero-order chi connectivity index (χ0) is 18.6. The lowest BCUT2D eigenvalue weighted by Gasteiger charge is -2.43. The summed E-state index contributed by atoms with van der Waals surface area (Å²) < 4.78 is 40.8. The molecule has 25 heavy (non-hydrogen) atoms. The summed E-state index contributed by atoms with van der Waals surface area (Å²) >= 11 is 0. The molecule has 136 valence electrons. The first-order valence-corrected chi connectivity index (χ1v) is 8.30. The Balaban J connectivity index is 1.97. The molecule has 0 saturated carbocycles. The van der Waals surface area contributed by atoms with Crippen LogP contribution in [-0.2, 0) is 31.2 Å². The van der Waals surface area contributed by atoms with Gasteiger partial charge >= 0.3 is 22.5 Å². The van der Waals surface area contributed by atoms with Gasteiger partial charge in [0, 0.05) is 0 Å². The molecule has 1 aromatic rings. The summed E-state index contributed by atoms with van der Waals surface area (Å²) in [7, 11) is -4.88. The van der Waals surface area contributed by atoms with Crippen LogP contribution in [0.25, 0.3) is 0 Å². The number of ether oxygens (including phenoxy) is 2. The highest BCUT2D eigenvalue weighted by Crippen LogP contribution is 2.24. The Kier molecular flexibility index (Phi) is 5.44. The van der Waals surface area contributed by atoms with Crippen molar-refractivity contribution in [3.8, 4) is 0 Å². The number of nitrogens with two attached hydrogens (primary N) is 1. The van der Waals surface area contributed by atoms with Gasteiger partial charge in [0.1, 0.15) is 25.3 Å². The predicted molar refractivity (Wildman–Crippen MR) is 81.3 cm³/mol. The highest BCUT2D eigenvalue weighted by atomic mass is 32.2. The lowest BCUT2D eigenvalue weighted by Crippen LogP contribution is -2.73. The van der Waals surface area contributed by atoms with E-state index in [1.165, 1.54) is 0 Å². The third kappa shape index (κ3) is 4.58. The molecular formula is C13H15N3O8S. The standard InChI is InChI=1S/C13H15N3O8S/c14-12(18)23-7-9-10(11(17)16(9)25(20,21)22)15-13(19)24-6-8-4-2-1-3-5-8/h1-5,9-10H,6-7H2,(H2,14,18)(H,15,19)(H,20,21,22). The maximum Gasteiger partial charge on any atom is 0.408 e. The highest BCUT2D eigenvalue weighted by Gasteiger charge is 2.54. The number of primary amides is 1. The number of benzene rings is 1. The van der Waals surface area contributed by atoms with E-state index in [0.29, 0.717) is 5.56 Å². The van der Waals surface area contributed by atoms with E-state index in [4.69, 9.17) is 15.0 Å². The summed E-state index contributed by atoms with van der Waals surface area (Å²) in [5.41, 5.74) is 5.48. The first-order chi connectivity index (χ1) is 11.7. The minimum absolute atomic E-state index is 0.0714. The van der Waals surface area contributed by atoms with E-state index >= 15 is 0 Å². The summed E-state index contributed by atoms with van der Waals surface area (Å²) in [5, 5.41) is 2.15. The topological polar surface area (TPSA) is 165 Å². The maximum absolute atomic E-state index is 11.8. The Hall–Kier alpha value is -2.86. The van der Waals surface area contributed by atoms with Gasteiger partial charge in [0.2, 0.25) is 0 Å². The van der Waals surface area contributed by atoms with E-state index in [1.54, 1.807) is 30.3 Å². The fourth-order valence-electron chi connectivity index (χ4n) is 2.18. The molecule has 0 spiro atoms. The van der Waals surface area contributed by atoms with Crippen molar-refractivity contribution < 1.29 is 36.8 Å². The molecule has 1 fully saturated rings. The predicted octanol–water partition coefficient (Wildman–Crippen LogP) is -0.610. The number of hydrogen-bond acceptors (Lipinski definition) is 7. The second-order valence-corrected chi connectivity index (χ2v) is 6.28. The molecule has 2 atom stereocenters. The fraction of sp³-hybridized carbons (Fsp3) is 0.308. The van der Waals surface area contributed by atoms with Gasteiger partial charge < -0.3 is 20.5 Å². The maximum atomic E-state index is 11.8. The molecule has 1 saturated heterocycles. The Morgan fingerprint density at radius 1 is 1.24 bits per heavy atom. The van der Waals surface area contributed by atoms with Crippen molar-refractivity contribution in [1.29, 1.82) is 0 Å². The molecule has 12 heteroatoms. The van der Waals surface area contributed by atoms with Crippen molar-refractivity contribution >= 4 is 28.4 Å². The second kappa shape index (κ2) is 7.36. The summed E-state index contributed by atoms with van der Waals surface area (Å²) in [6.45, 7) is -0.706. The van der Waals surface area contributed by atoms with E-state index in [9.17, 15) is 22.8 Å². The Labute approximate surface area is 142 Å². The van der Waals surface area contributed by atoms with Crippen LogP contribution in [-0.4, -0.2) is 54.1 Å². The summed E-state index contributed by atoms with van der Waals surface area (Å²) in [6, 6.07) is 6.00. The molecule has 11 nitrogen and oxygen atoms in total. The third-order valence-electron chi connectivity index (χ3n) is 3.30.